The van der Waals surface area contributed by atoms with E-state index in [0.717, 1.165) is 16.9 Å². The van der Waals surface area contributed by atoms with Crippen molar-refractivity contribution in [2.24, 2.45) is 0 Å². The van der Waals surface area contributed by atoms with E-state index in [2.05, 4.69) is 6.07 Å². The van der Waals surface area contributed by atoms with E-state index in [-0.39, 0.29) is 5.92 Å². The minimum Gasteiger partial charge on any atom is -0.497 e. The van der Waals surface area contributed by atoms with Gasteiger partial charge in [0, 0.05) is 0 Å². The number of ether oxygens (including phenoxy) is 4. The maximum absolute atomic E-state index is 9.63. The SMILES string of the molecule is COc1cccc(CC(C#N)c2cc(OC)c(OC)c(OC)c2)c1. The Morgan fingerprint density at radius 1 is 0.917 bits per heavy atom. The predicted molar refractivity (Wildman–Crippen MR) is 91.2 cm³/mol. The van der Waals surface area contributed by atoms with Gasteiger partial charge in [-0.05, 0) is 41.8 Å². The monoisotopic (exact) mass is 327 g/mol. The van der Waals surface area contributed by atoms with Crippen LogP contribution in [0.1, 0.15) is 17.0 Å². The Bertz CT molecular complexity index is 711. The van der Waals surface area contributed by atoms with Crippen molar-refractivity contribution in [2.45, 2.75) is 12.3 Å². The van der Waals surface area contributed by atoms with Crippen LogP contribution in [0.2, 0.25) is 0 Å². The Morgan fingerprint density at radius 3 is 2.08 bits per heavy atom. The highest BCUT2D eigenvalue weighted by atomic mass is 16.5. The van der Waals surface area contributed by atoms with Gasteiger partial charge >= 0.3 is 0 Å². The highest BCUT2D eigenvalue weighted by Gasteiger charge is 2.19. The zero-order valence-electron chi connectivity index (χ0n) is 14.3. The second-order valence-electron chi connectivity index (χ2n) is 5.20. The lowest BCUT2D eigenvalue weighted by Gasteiger charge is -2.16. The van der Waals surface area contributed by atoms with Crippen LogP contribution in [0.4, 0.5) is 0 Å². The van der Waals surface area contributed by atoms with E-state index in [1.807, 2.05) is 36.4 Å². The minimum atomic E-state index is -0.342. The molecule has 1 atom stereocenters. The molecule has 0 aliphatic carbocycles. The van der Waals surface area contributed by atoms with Crippen molar-refractivity contribution in [1.29, 1.82) is 5.26 Å². The zero-order chi connectivity index (χ0) is 17.5. The molecule has 0 aromatic heterocycles. The van der Waals surface area contributed by atoms with Gasteiger partial charge in [-0.25, -0.2) is 0 Å². The molecule has 0 saturated heterocycles. The highest BCUT2D eigenvalue weighted by molar-refractivity contribution is 5.55. The fraction of sp³-hybridized carbons (Fsp3) is 0.316. The molecule has 2 rings (SSSR count). The quantitative estimate of drug-likeness (QED) is 0.778. The molecule has 5 nitrogen and oxygen atoms in total. The molecule has 0 fully saturated rings. The summed E-state index contributed by atoms with van der Waals surface area (Å²) in [5.41, 5.74) is 1.84. The number of methoxy groups -OCH3 is 4. The first-order valence-corrected chi connectivity index (χ1v) is 7.49. The van der Waals surface area contributed by atoms with Gasteiger partial charge in [0.15, 0.2) is 11.5 Å². The third kappa shape index (κ3) is 3.72. The van der Waals surface area contributed by atoms with Crippen molar-refractivity contribution in [2.75, 3.05) is 28.4 Å². The number of nitrogens with zero attached hydrogens (tertiary/aromatic N) is 1. The number of rotatable bonds is 7. The fourth-order valence-corrected chi connectivity index (χ4v) is 2.58. The maximum atomic E-state index is 9.63. The fourth-order valence-electron chi connectivity index (χ4n) is 2.58. The number of hydrogen-bond acceptors (Lipinski definition) is 5. The first-order valence-electron chi connectivity index (χ1n) is 7.49. The smallest absolute Gasteiger partial charge is 0.203 e. The summed E-state index contributed by atoms with van der Waals surface area (Å²) in [4.78, 5) is 0. The van der Waals surface area contributed by atoms with Crippen LogP contribution < -0.4 is 18.9 Å². The molecule has 0 saturated carbocycles. The second kappa shape index (κ2) is 8.11. The second-order valence-corrected chi connectivity index (χ2v) is 5.20. The summed E-state index contributed by atoms with van der Waals surface area (Å²) in [7, 11) is 6.30. The highest BCUT2D eigenvalue weighted by Crippen LogP contribution is 2.40. The van der Waals surface area contributed by atoms with E-state index >= 15 is 0 Å². The van der Waals surface area contributed by atoms with Gasteiger partial charge in [-0.3, -0.25) is 0 Å². The van der Waals surface area contributed by atoms with Gasteiger partial charge in [0.2, 0.25) is 5.75 Å². The lowest BCUT2D eigenvalue weighted by Crippen LogP contribution is -2.03. The largest absolute Gasteiger partial charge is 0.497 e. The summed E-state index contributed by atoms with van der Waals surface area (Å²) in [5.74, 6) is 2.03. The number of hydrogen-bond donors (Lipinski definition) is 0. The molecule has 1 unspecified atom stereocenters. The van der Waals surface area contributed by atoms with Gasteiger partial charge in [-0.1, -0.05) is 12.1 Å². The van der Waals surface area contributed by atoms with Gasteiger partial charge in [-0.2, -0.15) is 5.26 Å². The Hall–Kier alpha value is -2.87. The molecule has 126 valence electrons. The molecule has 0 N–H and O–H groups in total. The molecule has 0 bridgehead atoms. The zero-order valence-corrected chi connectivity index (χ0v) is 14.3. The normalized spacial score (nSPS) is 11.3. The van der Waals surface area contributed by atoms with Crippen molar-refractivity contribution >= 4 is 0 Å². The maximum Gasteiger partial charge on any atom is 0.203 e. The minimum absolute atomic E-state index is 0.342. The summed E-state index contributed by atoms with van der Waals surface area (Å²) < 4.78 is 21.3. The van der Waals surface area contributed by atoms with E-state index in [9.17, 15) is 5.26 Å². The lowest BCUT2D eigenvalue weighted by molar-refractivity contribution is 0.323. The average Bonchev–Trinajstić information content (AvgIpc) is 2.64. The van der Waals surface area contributed by atoms with Crippen molar-refractivity contribution in [3.8, 4) is 29.1 Å². The van der Waals surface area contributed by atoms with Crippen LogP contribution >= 0.6 is 0 Å². The summed E-state index contributed by atoms with van der Waals surface area (Å²) in [6.07, 6.45) is 0.562. The van der Waals surface area contributed by atoms with Gasteiger partial charge in [0.1, 0.15) is 5.75 Å². The van der Waals surface area contributed by atoms with Gasteiger partial charge < -0.3 is 18.9 Å². The van der Waals surface area contributed by atoms with Crippen molar-refractivity contribution in [3.63, 3.8) is 0 Å². The molecular formula is C19H21NO4. The third-order valence-electron chi connectivity index (χ3n) is 3.82. The summed E-state index contributed by atoms with van der Waals surface area (Å²) in [5, 5.41) is 9.63. The van der Waals surface area contributed by atoms with E-state index in [0.29, 0.717) is 23.7 Å². The molecule has 2 aromatic carbocycles. The van der Waals surface area contributed by atoms with Crippen molar-refractivity contribution < 1.29 is 18.9 Å². The number of nitriles is 1. The molecule has 0 spiro atoms. The van der Waals surface area contributed by atoms with Crippen LogP contribution in [0.25, 0.3) is 0 Å². The van der Waals surface area contributed by atoms with E-state index in [1.165, 1.54) is 0 Å². The Kier molecular flexibility index (Phi) is 5.91. The predicted octanol–water partition coefficient (Wildman–Crippen LogP) is 3.57. The molecule has 5 heteroatoms. The van der Waals surface area contributed by atoms with Gasteiger partial charge in [0.05, 0.1) is 40.4 Å². The average molecular weight is 327 g/mol. The molecular weight excluding hydrogens is 306 g/mol. The number of benzene rings is 2. The van der Waals surface area contributed by atoms with Crippen molar-refractivity contribution in [1.82, 2.24) is 0 Å². The molecule has 24 heavy (non-hydrogen) atoms. The summed E-state index contributed by atoms with van der Waals surface area (Å²) in [6, 6.07) is 13.7. The molecule has 0 amide bonds. The molecule has 0 aliphatic heterocycles. The lowest BCUT2D eigenvalue weighted by atomic mass is 9.92. The summed E-state index contributed by atoms with van der Waals surface area (Å²) in [6.45, 7) is 0. The third-order valence-corrected chi connectivity index (χ3v) is 3.82. The van der Waals surface area contributed by atoms with Crippen LogP contribution in [0.15, 0.2) is 36.4 Å². The van der Waals surface area contributed by atoms with Gasteiger partial charge in [0.25, 0.3) is 0 Å². The van der Waals surface area contributed by atoms with Crippen LogP contribution in [0, 0.1) is 11.3 Å². The molecule has 0 heterocycles. The Labute approximate surface area is 142 Å². The van der Waals surface area contributed by atoms with Gasteiger partial charge in [-0.15, -0.1) is 0 Å². The first-order chi connectivity index (χ1) is 11.7. The topological polar surface area (TPSA) is 60.7 Å². The van der Waals surface area contributed by atoms with Crippen LogP contribution in [-0.2, 0) is 6.42 Å². The van der Waals surface area contributed by atoms with Crippen LogP contribution in [0.5, 0.6) is 23.0 Å². The van der Waals surface area contributed by atoms with Crippen LogP contribution in [0.3, 0.4) is 0 Å². The Balaban J connectivity index is 2.38. The Morgan fingerprint density at radius 2 is 1.58 bits per heavy atom. The molecule has 0 aliphatic rings. The van der Waals surface area contributed by atoms with Crippen molar-refractivity contribution in [3.05, 3.63) is 47.5 Å². The molecule has 2 aromatic rings. The van der Waals surface area contributed by atoms with Crippen LogP contribution in [-0.4, -0.2) is 28.4 Å². The molecule has 0 radical (unpaired) electrons. The van der Waals surface area contributed by atoms with E-state index < -0.39 is 0 Å². The standard InChI is InChI=1S/C19H21NO4/c1-21-16-7-5-6-13(9-16)8-15(12-20)14-10-17(22-2)19(24-4)18(11-14)23-3/h5-7,9-11,15H,8H2,1-4H3. The first kappa shape index (κ1) is 17.5. The van der Waals surface area contributed by atoms with E-state index in [1.54, 1.807) is 28.4 Å². The van der Waals surface area contributed by atoms with E-state index in [4.69, 9.17) is 18.9 Å². The summed E-state index contributed by atoms with van der Waals surface area (Å²) >= 11 is 0.